The number of anilines is 1. The third-order valence-electron chi connectivity index (χ3n) is 10.1. The van der Waals surface area contributed by atoms with Gasteiger partial charge in [0.1, 0.15) is 28.4 Å². The van der Waals surface area contributed by atoms with Crippen LogP contribution in [0, 0.1) is 11.2 Å². The van der Waals surface area contributed by atoms with Crippen LogP contribution in [-0.4, -0.2) is 88.2 Å². The molecule has 2 saturated heterocycles. The molecular weight excluding hydrogens is 573 g/mol. The van der Waals surface area contributed by atoms with Crippen molar-refractivity contribution in [3.05, 3.63) is 47.9 Å². The molecule has 45 heavy (non-hydrogen) atoms. The SMILES string of the molecule is CCc1cccc2cc(O)cc(-c3ncc4c(N5CCOCC(C)(O)C5)nc(OCC56CCCC5N(C)CCC6)nc4c3F)c12. The first kappa shape index (κ1) is 30.1. The van der Waals surface area contributed by atoms with Gasteiger partial charge < -0.3 is 29.5 Å². The molecular formula is C35H42FN5O4. The number of likely N-dealkylation sites (tertiary alicyclic amines) is 1. The van der Waals surface area contributed by atoms with Crippen LogP contribution in [0.3, 0.4) is 0 Å². The summed E-state index contributed by atoms with van der Waals surface area (Å²) < 4.78 is 29.0. The van der Waals surface area contributed by atoms with Gasteiger partial charge in [0, 0.05) is 29.8 Å². The van der Waals surface area contributed by atoms with E-state index >= 15 is 4.39 Å². The molecule has 2 aromatic heterocycles. The number of aromatic hydroxyl groups is 1. The van der Waals surface area contributed by atoms with Gasteiger partial charge in [0.15, 0.2) is 5.82 Å². The fourth-order valence-corrected chi connectivity index (χ4v) is 8.05. The van der Waals surface area contributed by atoms with Crippen LogP contribution >= 0.6 is 0 Å². The highest BCUT2D eigenvalue weighted by atomic mass is 19.1. The maximum absolute atomic E-state index is 16.9. The molecule has 4 heterocycles. The van der Waals surface area contributed by atoms with Crippen molar-refractivity contribution in [3.63, 3.8) is 0 Å². The van der Waals surface area contributed by atoms with Gasteiger partial charge in [-0.3, -0.25) is 4.98 Å². The number of benzene rings is 2. The summed E-state index contributed by atoms with van der Waals surface area (Å²) in [4.78, 5) is 18.5. The standard InChI is InChI=1S/C35H42FN5O4/c1-4-22-8-5-9-23-16-24(42)17-25(28(22)23)30-29(36)31-26(18-37-30)32(41-14-15-44-20-34(2,43)19-41)39-33(38-31)45-21-35-11-6-10-27(35)40(3)13-7-12-35/h5,8-9,16-18,27,42-43H,4,6-7,10-15,19-21H2,1-3H3. The molecule has 10 heteroatoms. The number of piperidine rings is 1. The number of pyridine rings is 1. The van der Waals surface area contributed by atoms with E-state index in [0.29, 0.717) is 42.6 Å². The molecule has 3 aliphatic rings. The smallest absolute Gasteiger partial charge is 0.319 e. The van der Waals surface area contributed by atoms with Gasteiger partial charge in [0.25, 0.3) is 0 Å². The Labute approximate surface area is 263 Å². The lowest BCUT2D eigenvalue weighted by Crippen LogP contribution is -2.50. The Balaban J connectivity index is 1.37. The van der Waals surface area contributed by atoms with Crippen molar-refractivity contribution in [1.29, 1.82) is 0 Å². The zero-order valence-corrected chi connectivity index (χ0v) is 26.4. The van der Waals surface area contributed by atoms with Crippen LogP contribution in [0.5, 0.6) is 11.8 Å². The van der Waals surface area contributed by atoms with Crippen LogP contribution < -0.4 is 9.64 Å². The number of hydrogen-bond acceptors (Lipinski definition) is 9. The number of fused-ring (bicyclic) bond motifs is 3. The molecule has 0 radical (unpaired) electrons. The summed E-state index contributed by atoms with van der Waals surface area (Å²) in [5.41, 5.74) is 0.635. The number of aliphatic hydroxyl groups is 1. The quantitative estimate of drug-likeness (QED) is 0.292. The molecule has 1 saturated carbocycles. The Hall–Kier alpha value is -3.60. The maximum Gasteiger partial charge on any atom is 0.319 e. The van der Waals surface area contributed by atoms with E-state index in [2.05, 4.69) is 23.9 Å². The normalized spacial score (nSPS) is 25.9. The summed E-state index contributed by atoms with van der Waals surface area (Å²) in [5.74, 6) is -0.116. The van der Waals surface area contributed by atoms with Crippen molar-refractivity contribution in [1.82, 2.24) is 19.9 Å². The van der Waals surface area contributed by atoms with Crippen LogP contribution in [0.15, 0.2) is 36.5 Å². The monoisotopic (exact) mass is 615 g/mol. The number of aryl methyl sites for hydroxylation is 1. The van der Waals surface area contributed by atoms with Crippen molar-refractivity contribution in [2.45, 2.75) is 64.0 Å². The minimum atomic E-state index is -1.12. The lowest BCUT2D eigenvalue weighted by atomic mass is 9.76. The van der Waals surface area contributed by atoms with Gasteiger partial charge in [-0.05, 0) is 81.1 Å². The molecule has 3 fully saturated rings. The molecule has 9 nitrogen and oxygen atoms in total. The van der Waals surface area contributed by atoms with Crippen molar-refractivity contribution in [2.75, 3.05) is 51.4 Å². The van der Waals surface area contributed by atoms with Crippen molar-refractivity contribution in [2.24, 2.45) is 5.41 Å². The Morgan fingerprint density at radius 3 is 2.84 bits per heavy atom. The number of phenolic OH excluding ortho intramolecular Hbond substituents is 1. The molecule has 238 valence electrons. The average molecular weight is 616 g/mol. The Bertz CT molecular complexity index is 1750. The first-order chi connectivity index (χ1) is 21.7. The predicted octanol–water partition coefficient (Wildman–Crippen LogP) is 5.48. The van der Waals surface area contributed by atoms with E-state index in [1.54, 1.807) is 25.3 Å². The third-order valence-corrected chi connectivity index (χ3v) is 10.1. The first-order valence-corrected chi connectivity index (χ1v) is 16.2. The number of β-amino-alcohol motifs (C(OH)–C–C–N with tert-alkyl or cyclic N) is 1. The first-order valence-electron chi connectivity index (χ1n) is 16.2. The fourth-order valence-electron chi connectivity index (χ4n) is 8.05. The minimum absolute atomic E-state index is 0.0184. The molecule has 4 aromatic rings. The summed E-state index contributed by atoms with van der Waals surface area (Å²) in [6, 6.07) is 9.68. The van der Waals surface area contributed by atoms with Crippen LogP contribution in [0.25, 0.3) is 32.9 Å². The lowest BCUT2D eigenvalue weighted by Gasteiger charge is -2.44. The molecule has 7 rings (SSSR count). The molecule has 1 aliphatic carbocycles. The molecule has 3 atom stereocenters. The van der Waals surface area contributed by atoms with Crippen molar-refractivity contribution in [3.8, 4) is 23.0 Å². The predicted molar refractivity (Wildman–Crippen MR) is 172 cm³/mol. The highest BCUT2D eigenvalue weighted by Gasteiger charge is 2.47. The van der Waals surface area contributed by atoms with E-state index in [1.807, 2.05) is 23.1 Å². The maximum atomic E-state index is 16.9. The summed E-state index contributed by atoms with van der Waals surface area (Å²) in [5, 5.41) is 23.7. The average Bonchev–Trinajstić information content (AvgIpc) is 3.37. The van der Waals surface area contributed by atoms with Gasteiger partial charge in [-0.1, -0.05) is 31.5 Å². The Morgan fingerprint density at radius 1 is 1.16 bits per heavy atom. The van der Waals surface area contributed by atoms with Gasteiger partial charge in [-0.2, -0.15) is 9.97 Å². The summed E-state index contributed by atoms with van der Waals surface area (Å²) in [6.07, 6.45) is 7.93. The second-order valence-electron chi connectivity index (χ2n) is 13.5. The van der Waals surface area contributed by atoms with Crippen LogP contribution in [0.2, 0.25) is 0 Å². The van der Waals surface area contributed by atoms with Gasteiger partial charge in [-0.15, -0.1) is 0 Å². The van der Waals surface area contributed by atoms with Gasteiger partial charge >= 0.3 is 6.01 Å². The van der Waals surface area contributed by atoms with Crippen LogP contribution in [0.4, 0.5) is 10.2 Å². The van der Waals surface area contributed by atoms with E-state index in [9.17, 15) is 10.2 Å². The van der Waals surface area contributed by atoms with Crippen molar-refractivity contribution >= 4 is 27.5 Å². The third kappa shape index (κ3) is 5.47. The summed E-state index contributed by atoms with van der Waals surface area (Å²) in [7, 11) is 2.20. The van der Waals surface area contributed by atoms with E-state index in [4.69, 9.17) is 19.4 Å². The van der Waals surface area contributed by atoms with Gasteiger partial charge in [-0.25, -0.2) is 4.39 Å². The zero-order valence-electron chi connectivity index (χ0n) is 26.4. The van der Waals surface area contributed by atoms with Crippen LogP contribution in [-0.2, 0) is 11.2 Å². The minimum Gasteiger partial charge on any atom is -0.508 e. The fraction of sp³-hybridized carbons (Fsp3) is 0.514. The zero-order chi connectivity index (χ0) is 31.3. The van der Waals surface area contributed by atoms with E-state index < -0.39 is 11.4 Å². The van der Waals surface area contributed by atoms with E-state index in [0.717, 1.165) is 61.4 Å². The summed E-state index contributed by atoms with van der Waals surface area (Å²) >= 11 is 0. The lowest BCUT2D eigenvalue weighted by molar-refractivity contribution is -0.0123. The molecule has 2 aliphatic heterocycles. The Kier molecular flexibility index (Phi) is 7.78. The molecule has 0 spiro atoms. The largest absolute Gasteiger partial charge is 0.508 e. The highest BCUT2D eigenvalue weighted by Crippen LogP contribution is 2.47. The number of hydrogen-bond donors (Lipinski definition) is 2. The number of phenols is 1. The number of aromatic nitrogens is 3. The second-order valence-corrected chi connectivity index (χ2v) is 13.5. The number of ether oxygens (including phenoxy) is 2. The molecule has 2 N–H and O–H groups in total. The van der Waals surface area contributed by atoms with Crippen LogP contribution in [0.1, 0.15) is 51.5 Å². The topological polar surface area (TPSA) is 104 Å². The summed E-state index contributed by atoms with van der Waals surface area (Å²) in [6.45, 7) is 6.60. The van der Waals surface area contributed by atoms with E-state index in [-0.39, 0.29) is 41.5 Å². The number of nitrogens with zero attached hydrogens (tertiary/aromatic N) is 5. The Morgan fingerprint density at radius 2 is 2.00 bits per heavy atom. The van der Waals surface area contributed by atoms with Gasteiger partial charge in [0.2, 0.25) is 0 Å². The van der Waals surface area contributed by atoms with Gasteiger partial charge in [0.05, 0.1) is 31.8 Å². The molecule has 0 bridgehead atoms. The number of halogens is 1. The van der Waals surface area contributed by atoms with Crippen molar-refractivity contribution < 1.29 is 24.1 Å². The molecule has 2 aromatic carbocycles. The van der Waals surface area contributed by atoms with E-state index in [1.165, 1.54) is 0 Å². The highest BCUT2D eigenvalue weighted by molar-refractivity contribution is 6.01. The molecule has 0 amide bonds. The molecule has 3 unspecified atom stereocenters. The number of rotatable bonds is 6. The second kappa shape index (κ2) is 11.6.